The van der Waals surface area contributed by atoms with E-state index in [1.54, 1.807) is 22.9 Å². The monoisotopic (exact) mass is 768 g/mol. The van der Waals surface area contributed by atoms with Crippen LogP contribution in [0.2, 0.25) is 29.6 Å². The Hall–Kier alpha value is -0.523. The van der Waals surface area contributed by atoms with Gasteiger partial charge in [-0.2, -0.15) is 0 Å². The van der Waals surface area contributed by atoms with Crippen LogP contribution >= 0.6 is 45.3 Å². The molecular formula is C28H26F2S4Sn2. The third kappa shape index (κ3) is 4.41. The molecule has 6 rings (SSSR count). The Bertz CT molecular complexity index is 1660. The van der Waals surface area contributed by atoms with E-state index in [9.17, 15) is 8.78 Å². The first-order chi connectivity index (χ1) is 16.9. The Balaban J connectivity index is 1.81. The molecule has 0 N–H and O–H groups in total. The van der Waals surface area contributed by atoms with Gasteiger partial charge in [-0.3, -0.25) is 0 Å². The molecule has 0 unspecified atom stereocenters. The molecule has 36 heavy (non-hydrogen) atoms. The predicted molar refractivity (Wildman–Crippen MR) is 167 cm³/mol. The number of fused-ring (bicyclic) bond motifs is 5. The molecule has 2 aromatic carbocycles. The van der Waals surface area contributed by atoms with Gasteiger partial charge in [-0.15, -0.1) is 0 Å². The van der Waals surface area contributed by atoms with Crippen molar-refractivity contribution in [2.24, 2.45) is 0 Å². The molecule has 0 saturated carbocycles. The van der Waals surface area contributed by atoms with E-state index in [0.29, 0.717) is 0 Å². The molecule has 0 aliphatic heterocycles. The SMILES string of the molecule is [CH3][Sn]([CH3])([CH3])[c]1cc2c(s1)c(-c1cc(F)cs1)cc1c3c[c]([Sn]([CH3])([CH3])[CH3])sc3c(-c3cc(F)cs3)cc21. The summed E-state index contributed by atoms with van der Waals surface area (Å²) in [7, 11) is 0. The van der Waals surface area contributed by atoms with Gasteiger partial charge >= 0.3 is 237 Å². The molecule has 4 heterocycles. The van der Waals surface area contributed by atoms with Gasteiger partial charge in [0.25, 0.3) is 0 Å². The fraction of sp³-hybridized carbons (Fsp3) is 0.214. The van der Waals surface area contributed by atoms with Crippen molar-refractivity contribution in [3.05, 3.63) is 58.8 Å². The van der Waals surface area contributed by atoms with Crippen molar-refractivity contribution in [3.63, 3.8) is 0 Å². The fourth-order valence-electron chi connectivity index (χ4n) is 4.62. The van der Waals surface area contributed by atoms with Gasteiger partial charge in [0, 0.05) is 0 Å². The second-order valence-electron chi connectivity index (χ2n) is 11.4. The summed E-state index contributed by atoms with van der Waals surface area (Å²) in [4.78, 5) is 16.7. The first-order valence-electron chi connectivity index (χ1n) is 11.9. The van der Waals surface area contributed by atoms with Gasteiger partial charge in [0.2, 0.25) is 0 Å². The van der Waals surface area contributed by atoms with Crippen LogP contribution in [0.25, 0.3) is 51.8 Å². The Morgan fingerprint density at radius 2 is 0.917 bits per heavy atom. The first-order valence-corrected chi connectivity index (χ1v) is 35.2. The van der Waals surface area contributed by atoms with Crippen LogP contribution in [0, 0.1) is 11.6 Å². The maximum atomic E-state index is 14.2. The summed E-state index contributed by atoms with van der Waals surface area (Å²) in [5, 5.41) is 8.18. The van der Waals surface area contributed by atoms with Crippen molar-refractivity contribution in [1.29, 1.82) is 0 Å². The van der Waals surface area contributed by atoms with Crippen LogP contribution < -0.4 is 5.79 Å². The van der Waals surface area contributed by atoms with Gasteiger partial charge in [0.05, 0.1) is 0 Å². The molecule has 4 aromatic heterocycles. The molecule has 0 aliphatic carbocycles. The van der Waals surface area contributed by atoms with Gasteiger partial charge < -0.3 is 0 Å². The summed E-state index contributed by atoms with van der Waals surface area (Å²) in [6.45, 7) is 0. The van der Waals surface area contributed by atoms with Crippen LogP contribution in [0.3, 0.4) is 0 Å². The van der Waals surface area contributed by atoms with Gasteiger partial charge in [0.15, 0.2) is 0 Å². The molecule has 0 aliphatic rings. The summed E-state index contributed by atoms with van der Waals surface area (Å²) in [6, 6.07) is 12.8. The van der Waals surface area contributed by atoms with E-state index in [1.807, 2.05) is 22.7 Å². The zero-order chi connectivity index (χ0) is 25.6. The normalized spacial score (nSPS) is 13.0. The molecule has 0 nitrogen and oxygen atoms in total. The summed E-state index contributed by atoms with van der Waals surface area (Å²) in [5.74, 6) is -0.343. The van der Waals surface area contributed by atoms with E-state index < -0.39 is 36.8 Å². The molecule has 0 saturated heterocycles. The van der Waals surface area contributed by atoms with Crippen molar-refractivity contribution in [2.75, 3.05) is 0 Å². The van der Waals surface area contributed by atoms with Gasteiger partial charge in [-0.1, -0.05) is 0 Å². The summed E-state index contributed by atoms with van der Waals surface area (Å²) in [6.07, 6.45) is 0. The number of benzene rings is 2. The van der Waals surface area contributed by atoms with E-state index >= 15 is 0 Å². The van der Waals surface area contributed by atoms with Crippen LogP contribution in [-0.4, -0.2) is 36.8 Å². The topological polar surface area (TPSA) is 0 Å². The van der Waals surface area contributed by atoms with Crippen molar-refractivity contribution in [3.8, 4) is 20.9 Å². The fourth-order valence-corrected chi connectivity index (χ4v) is 19.1. The molecule has 0 bridgehead atoms. The number of hydrogen-bond acceptors (Lipinski definition) is 4. The summed E-state index contributed by atoms with van der Waals surface area (Å²) in [5.41, 5.74) is 2.28. The van der Waals surface area contributed by atoms with Crippen LogP contribution in [-0.2, 0) is 0 Å². The van der Waals surface area contributed by atoms with Crippen LogP contribution in [0.4, 0.5) is 8.78 Å². The molecule has 6 aromatic rings. The van der Waals surface area contributed by atoms with E-state index in [4.69, 9.17) is 0 Å². The summed E-state index contributed by atoms with van der Waals surface area (Å²) < 4.78 is 33.8. The number of halogens is 2. The number of rotatable bonds is 4. The average molecular weight is 766 g/mol. The third-order valence-electron chi connectivity index (χ3n) is 6.55. The van der Waals surface area contributed by atoms with E-state index in [1.165, 1.54) is 59.4 Å². The minimum atomic E-state index is -2.36. The molecule has 0 atom stereocenters. The molecule has 0 radical (unpaired) electrons. The predicted octanol–water partition coefficient (Wildman–Crippen LogP) is 10.1. The summed E-state index contributed by atoms with van der Waals surface area (Å²) >= 11 is 2.05. The van der Waals surface area contributed by atoms with Crippen LogP contribution in [0.1, 0.15) is 0 Å². The zero-order valence-corrected chi connectivity index (χ0v) is 30.0. The Kier molecular flexibility index (Phi) is 6.44. The standard InChI is InChI=1S/C22H8F2S4.6CH3.2Sn/c23-11-5-19(27-9-11)17-8-16-14-2-4-26-22(14)18(20-6-12(24)10-28-20)7-15(16)13-1-3-25-21(13)17;;;;;;;;/h1-2,5-10H;6*1H3;;. The van der Waals surface area contributed by atoms with Crippen LogP contribution in [0.15, 0.2) is 47.2 Å². The minimum absolute atomic E-state index is 0.171. The molecule has 0 fully saturated rings. The Morgan fingerprint density at radius 3 is 1.22 bits per heavy atom. The molecule has 184 valence electrons. The molecule has 0 amide bonds. The zero-order valence-electron chi connectivity index (χ0n) is 21.0. The number of thiophene rings is 4. The van der Waals surface area contributed by atoms with E-state index in [2.05, 4.69) is 53.9 Å². The van der Waals surface area contributed by atoms with Crippen molar-refractivity contribution in [2.45, 2.75) is 29.6 Å². The van der Waals surface area contributed by atoms with Crippen molar-refractivity contribution in [1.82, 2.24) is 0 Å². The molecule has 0 spiro atoms. The van der Waals surface area contributed by atoms with Crippen molar-refractivity contribution >= 4 is 119 Å². The van der Waals surface area contributed by atoms with Crippen LogP contribution in [0.5, 0.6) is 0 Å². The van der Waals surface area contributed by atoms with Crippen molar-refractivity contribution < 1.29 is 8.78 Å². The average Bonchev–Trinajstić information content (AvgIpc) is 3.56. The van der Waals surface area contributed by atoms with Gasteiger partial charge in [0.1, 0.15) is 0 Å². The van der Waals surface area contributed by atoms with E-state index in [0.717, 1.165) is 20.9 Å². The maximum absolute atomic E-state index is 14.2. The first kappa shape index (κ1) is 25.7. The Labute approximate surface area is 234 Å². The second-order valence-corrected chi connectivity index (χ2v) is 46.2. The van der Waals surface area contributed by atoms with Gasteiger partial charge in [-0.25, -0.2) is 0 Å². The van der Waals surface area contributed by atoms with E-state index in [-0.39, 0.29) is 11.6 Å². The molecular weight excluding hydrogens is 740 g/mol. The van der Waals surface area contributed by atoms with Gasteiger partial charge in [-0.05, 0) is 0 Å². The Morgan fingerprint density at radius 1 is 0.528 bits per heavy atom. The second kappa shape index (κ2) is 9.01. The quantitative estimate of drug-likeness (QED) is 0.157. The number of hydrogen-bond donors (Lipinski definition) is 0. The third-order valence-corrected chi connectivity index (χ3v) is 29.6. The molecule has 8 heteroatoms.